The van der Waals surface area contributed by atoms with E-state index in [1.165, 1.54) is 66.3 Å². The summed E-state index contributed by atoms with van der Waals surface area (Å²) in [6, 6.07) is 62.1. The second kappa shape index (κ2) is 38.1. The lowest BCUT2D eigenvalue weighted by atomic mass is 9.99. The number of pyridine rings is 3. The maximum Gasteiger partial charge on any atom is 0.257 e. The number of nitrogens with one attached hydrogen (secondary N) is 3. The standard InChI is InChI=1S/3C31H33N5O/c1-22-12-16-36(17-13-22)21-24-6-8-27(9-7-24)34-31(37)26-10-14-32-28(19-26)20-30-33-15-11-29(35-30)25-5-3-4-23(2)18-25;1-22-11-14-36(15-12-22)21-24-6-8-28(9-7-24)34-31(37)27-17-25(19-32-20-27)18-30-33-13-10-29(35-30)26-5-3-4-23(2)16-26;1-22-12-14-36(15-13-22)21-24-8-10-28(11-9-24)34-31(37)27-16-25(19-32-20-27)17-29-33-18-23(2)30(35-29)26-6-4-3-5-7-26/h3-11,14-15,18-19,22H,12-13,16-17,20-21H2,1-2H3,(H,34,37);3-10,13,16-17,19-20,22H,11-12,14-15,18,21H2,1-2H3,(H,34,37);3-11,16,18-20,22H,12-15,17,21H2,1-2H3,(H,34,37). The Morgan fingerprint density at radius 1 is 0.360 bits per heavy atom. The summed E-state index contributed by atoms with van der Waals surface area (Å²) in [6.07, 6.45) is 22.8. The summed E-state index contributed by atoms with van der Waals surface area (Å²) in [6.45, 7) is 23.0. The molecule has 0 spiro atoms. The largest absolute Gasteiger partial charge is 0.322 e. The number of amides is 3. The molecule has 18 heteroatoms. The van der Waals surface area contributed by atoms with Crippen molar-refractivity contribution in [2.24, 2.45) is 17.8 Å². The van der Waals surface area contributed by atoms with Gasteiger partial charge in [0.25, 0.3) is 17.7 Å². The zero-order valence-corrected chi connectivity index (χ0v) is 64.6. The summed E-state index contributed by atoms with van der Waals surface area (Å²) in [4.78, 5) is 87.0. The summed E-state index contributed by atoms with van der Waals surface area (Å²) in [7, 11) is 0. The van der Waals surface area contributed by atoms with E-state index in [2.05, 4.69) is 156 Å². The third-order valence-electron chi connectivity index (χ3n) is 20.8. The van der Waals surface area contributed by atoms with Gasteiger partial charge in [-0.2, -0.15) is 0 Å². The molecule has 3 aliphatic rings. The Labute approximate surface area is 652 Å². The van der Waals surface area contributed by atoms with Gasteiger partial charge in [-0.15, -0.1) is 0 Å². The van der Waals surface area contributed by atoms with E-state index < -0.39 is 0 Å². The SMILES string of the molecule is Cc1cccc(-c2ccnc(Cc3cc(C(=O)Nc4ccc(CN5CCC(C)CC5)cc4)ccn3)n2)c1.Cc1cccc(-c2ccnc(Cc3cncc(C(=O)Nc4ccc(CN5CCC(C)CC5)cc4)c3)n2)c1.Cc1cnc(Cc2cncc(C(=O)Nc3ccc(CN4CCC(C)CC4)cc3)c2)nc1-c1ccccc1. The molecule has 564 valence electrons. The van der Waals surface area contributed by atoms with Gasteiger partial charge in [-0.25, -0.2) is 29.9 Å². The molecule has 0 bridgehead atoms. The molecule has 9 heterocycles. The van der Waals surface area contributed by atoms with Crippen molar-refractivity contribution in [3.63, 3.8) is 0 Å². The summed E-state index contributed by atoms with van der Waals surface area (Å²) in [5, 5.41) is 9.01. The Kier molecular flexibility index (Phi) is 26.6. The second-order valence-corrected chi connectivity index (χ2v) is 30.2. The van der Waals surface area contributed by atoms with Crippen molar-refractivity contribution in [2.75, 3.05) is 55.2 Å². The Morgan fingerprint density at radius 2 is 0.757 bits per heavy atom. The molecule has 3 saturated heterocycles. The van der Waals surface area contributed by atoms with Crippen molar-refractivity contribution in [2.45, 2.75) is 119 Å². The van der Waals surface area contributed by atoms with Crippen molar-refractivity contribution in [3.8, 4) is 33.8 Å². The predicted octanol–water partition coefficient (Wildman–Crippen LogP) is 17.8. The molecule has 12 aromatic rings. The lowest BCUT2D eigenvalue weighted by Crippen LogP contribution is -2.32. The van der Waals surface area contributed by atoms with Gasteiger partial charge in [0.15, 0.2) is 0 Å². The van der Waals surface area contributed by atoms with Gasteiger partial charge in [-0.1, -0.05) is 135 Å². The van der Waals surface area contributed by atoms with Crippen LogP contribution in [-0.2, 0) is 38.9 Å². The number of carbonyl (C=O) groups excluding carboxylic acids is 3. The molecule has 6 aromatic carbocycles. The lowest BCUT2D eigenvalue weighted by Gasteiger charge is -2.30. The van der Waals surface area contributed by atoms with Crippen LogP contribution in [0.3, 0.4) is 0 Å². The van der Waals surface area contributed by atoms with E-state index in [4.69, 9.17) is 15.0 Å². The van der Waals surface area contributed by atoms with Crippen LogP contribution < -0.4 is 16.0 Å². The molecule has 0 aliphatic carbocycles. The number of likely N-dealkylation sites (tertiary alicyclic amines) is 3. The zero-order valence-electron chi connectivity index (χ0n) is 64.6. The van der Waals surface area contributed by atoms with Crippen LogP contribution in [-0.4, -0.2) is 117 Å². The molecule has 0 unspecified atom stereocenters. The van der Waals surface area contributed by atoms with Crippen molar-refractivity contribution < 1.29 is 14.4 Å². The molecule has 111 heavy (non-hydrogen) atoms. The molecule has 0 saturated carbocycles. The van der Waals surface area contributed by atoms with Crippen molar-refractivity contribution in [1.29, 1.82) is 0 Å². The van der Waals surface area contributed by atoms with Crippen molar-refractivity contribution in [3.05, 3.63) is 322 Å². The summed E-state index contributed by atoms with van der Waals surface area (Å²) >= 11 is 0. The minimum atomic E-state index is -0.179. The number of aromatic nitrogens is 9. The number of piperidine rings is 3. The average molecular weight is 1470 g/mol. The highest BCUT2D eigenvalue weighted by atomic mass is 16.2. The van der Waals surface area contributed by atoms with E-state index in [0.29, 0.717) is 53.4 Å². The van der Waals surface area contributed by atoms with Crippen LogP contribution in [0, 0.1) is 38.5 Å². The van der Waals surface area contributed by atoms with Gasteiger partial charge in [0.1, 0.15) is 17.5 Å². The minimum Gasteiger partial charge on any atom is -0.322 e. The summed E-state index contributed by atoms with van der Waals surface area (Å²) in [5.41, 5.74) is 19.5. The fourth-order valence-electron chi connectivity index (χ4n) is 14.1. The first-order valence-electron chi connectivity index (χ1n) is 38.9. The van der Waals surface area contributed by atoms with Crippen LogP contribution in [0.2, 0.25) is 0 Å². The van der Waals surface area contributed by atoms with Crippen molar-refractivity contribution in [1.82, 2.24) is 59.6 Å². The zero-order chi connectivity index (χ0) is 76.8. The maximum atomic E-state index is 12.9. The number of aryl methyl sites for hydroxylation is 3. The summed E-state index contributed by atoms with van der Waals surface area (Å²) < 4.78 is 0. The third-order valence-corrected chi connectivity index (χ3v) is 20.8. The van der Waals surface area contributed by atoms with Gasteiger partial charge in [-0.05, 0) is 235 Å². The molecule has 0 radical (unpaired) electrons. The second-order valence-electron chi connectivity index (χ2n) is 30.2. The topological polar surface area (TPSA) is 213 Å². The van der Waals surface area contributed by atoms with Crippen LogP contribution >= 0.6 is 0 Å². The normalized spacial score (nSPS) is 14.4. The van der Waals surface area contributed by atoms with E-state index in [-0.39, 0.29) is 17.7 Å². The molecule has 6 aromatic heterocycles. The van der Waals surface area contributed by atoms with Crippen LogP contribution in [0.5, 0.6) is 0 Å². The molecule has 3 N–H and O–H groups in total. The Balaban J connectivity index is 0.000000146. The number of benzene rings is 6. The molecule has 3 aliphatic heterocycles. The maximum absolute atomic E-state index is 12.9. The van der Waals surface area contributed by atoms with E-state index >= 15 is 0 Å². The number of carbonyl (C=O) groups is 3. The molecule has 3 amide bonds. The Morgan fingerprint density at radius 3 is 1.19 bits per heavy atom. The third kappa shape index (κ3) is 23.0. The van der Waals surface area contributed by atoms with Crippen LogP contribution in [0.1, 0.15) is 158 Å². The molecule has 0 atom stereocenters. The van der Waals surface area contributed by atoms with E-state index in [0.717, 1.165) is 150 Å². The Hall–Kier alpha value is -11.7. The number of nitrogens with zero attached hydrogens (tertiary/aromatic N) is 12. The number of rotatable bonds is 21. The molecular weight excluding hydrogens is 1380 g/mol. The van der Waals surface area contributed by atoms with E-state index in [9.17, 15) is 14.4 Å². The lowest BCUT2D eigenvalue weighted by molar-refractivity contribution is 0.101. The van der Waals surface area contributed by atoms with Crippen molar-refractivity contribution >= 4 is 34.8 Å². The predicted molar refractivity (Wildman–Crippen MR) is 442 cm³/mol. The number of hydrogen-bond donors (Lipinski definition) is 3. The summed E-state index contributed by atoms with van der Waals surface area (Å²) in [5.74, 6) is 4.04. The fraction of sp³-hybridized carbons (Fsp3) is 0.290. The minimum absolute atomic E-state index is 0.157. The quantitative estimate of drug-likeness (QED) is 0.0610. The van der Waals surface area contributed by atoms with E-state index in [1.807, 2.05) is 134 Å². The van der Waals surface area contributed by atoms with Gasteiger partial charge >= 0.3 is 0 Å². The first kappa shape index (κ1) is 77.5. The highest BCUT2D eigenvalue weighted by Gasteiger charge is 2.21. The smallest absolute Gasteiger partial charge is 0.257 e. The van der Waals surface area contributed by atoms with Gasteiger partial charge in [0.2, 0.25) is 0 Å². The monoisotopic (exact) mass is 1470 g/mol. The van der Waals surface area contributed by atoms with Gasteiger partial charge in [0.05, 0.1) is 34.6 Å². The molecule has 18 nitrogen and oxygen atoms in total. The Bertz CT molecular complexity index is 4860. The first-order valence-corrected chi connectivity index (χ1v) is 38.9. The number of hydrogen-bond acceptors (Lipinski definition) is 15. The van der Waals surface area contributed by atoms with Gasteiger partial charge in [-0.3, -0.25) is 44.0 Å². The van der Waals surface area contributed by atoms with Crippen LogP contribution in [0.4, 0.5) is 17.1 Å². The highest BCUT2D eigenvalue weighted by molar-refractivity contribution is 6.05. The average Bonchev–Trinajstić information content (AvgIpc) is 0.833. The molecule has 3 fully saturated rings. The van der Waals surface area contributed by atoms with Crippen LogP contribution in [0.15, 0.2) is 238 Å². The fourth-order valence-corrected chi connectivity index (χ4v) is 14.1. The van der Waals surface area contributed by atoms with Gasteiger partial charge < -0.3 is 16.0 Å². The number of anilines is 3. The van der Waals surface area contributed by atoms with E-state index in [1.54, 1.807) is 49.4 Å². The molecule has 15 rings (SSSR count). The first-order chi connectivity index (χ1) is 54.1. The van der Waals surface area contributed by atoms with Gasteiger partial charge in [0, 0.05) is 127 Å². The van der Waals surface area contributed by atoms with Crippen LogP contribution in [0.25, 0.3) is 33.8 Å². The molecular formula is C93H99N15O3. The highest BCUT2D eigenvalue weighted by Crippen LogP contribution is 2.27.